The van der Waals surface area contributed by atoms with Crippen LogP contribution in [0.3, 0.4) is 0 Å². The Hall–Kier alpha value is -4.36. The van der Waals surface area contributed by atoms with Crippen LogP contribution in [0.25, 0.3) is 16.7 Å². The average Bonchev–Trinajstić information content (AvgIpc) is 3.56. The van der Waals surface area contributed by atoms with E-state index in [0.29, 0.717) is 37.6 Å². The van der Waals surface area contributed by atoms with Crippen LogP contribution in [0.15, 0.2) is 110 Å². The Kier molecular flexibility index (Phi) is 11.4. The highest BCUT2D eigenvalue weighted by molar-refractivity contribution is 6.99. The number of ether oxygens (including phenoxy) is 2. The zero-order valence-electron chi connectivity index (χ0n) is 28.1. The van der Waals surface area contributed by atoms with Crippen LogP contribution in [0, 0.1) is 0 Å². The van der Waals surface area contributed by atoms with E-state index in [2.05, 4.69) is 70.4 Å². The number of carbonyl (C=O) groups is 1. The zero-order valence-corrected chi connectivity index (χ0v) is 31.4. The molecule has 0 bridgehead atoms. The van der Waals surface area contributed by atoms with Gasteiger partial charge in [0.05, 0.1) is 41.8 Å². The molecule has 14 heteroatoms. The van der Waals surface area contributed by atoms with E-state index >= 15 is 0 Å². The van der Waals surface area contributed by atoms with Gasteiger partial charge in [-0.3, -0.25) is 4.79 Å². The number of pyridine rings is 1. The minimum Gasteiger partial charge on any atom is -0.461 e. The van der Waals surface area contributed by atoms with Gasteiger partial charge >= 0.3 is 0 Å². The van der Waals surface area contributed by atoms with Gasteiger partial charge in [0.2, 0.25) is 12.0 Å². The van der Waals surface area contributed by atoms with Gasteiger partial charge in [0, 0.05) is 11.2 Å². The predicted molar refractivity (Wildman–Crippen MR) is 203 cm³/mol. The van der Waals surface area contributed by atoms with E-state index in [1.54, 1.807) is 30.3 Å². The molecule has 3 aromatic heterocycles. The van der Waals surface area contributed by atoms with Gasteiger partial charge in [-0.15, -0.1) is 0 Å². The maximum absolute atomic E-state index is 13.7. The molecule has 0 fully saturated rings. The van der Waals surface area contributed by atoms with Gasteiger partial charge in [0.25, 0.3) is 14.2 Å². The molecule has 1 N–H and O–H groups in total. The quantitative estimate of drug-likeness (QED) is 0.0976. The lowest BCUT2D eigenvalue weighted by molar-refractivity contribution is -0.125. The summed E-state index contributed by atoms with van der Waals surface area (Å²) < 4.78 is 20.8. The number of nitrogens with one attached hydrogen (secondary N) is 1. The molecule has 1 atom stereocenters. The van der Waals surface area contributed by atoms with Crippen LogP contribution in [0.4, 0.5) is 5.82 Å². The van der Waals surface area contributed by atoms with Crippen LogP contribution in [-0.4, -0.2) is 64.9 Å². The molecule has 51 heavy (non-hydrogen) atoms. The lowest BCUT2D eigenvalue weighted by Gasteiger charge is -2.43. The highest BCUT2D eigenvalue weighted by atomic mass is 35.5. The second-order valence-electron chi connectivity index (χ2n) is 12.6. The number of carbonyl (C=O) groups excluding carboxylic acids is 1. The number of hydrogen-bond acceptors (Lipinski definition) is 8. The first-order valence-electron chi connectivity index (χ1n) is 16.1. The smallest absolute Gasteiger partial charge is 0.269 e. The van der Waals surface area contributed by atoms with Crippen LogP contribution in [0.1, 0.15) is 20.8 Å². The number of fused-ring (bicyclic) bond motifs is 1. The third kappa shape index (κ3) is 8.09. The molecule has 6 rings (SSSR count). The third-order valence-corrected chi connectivity index (χ3v) is 14.0. The molecule has 10 nitrogen and oxygen atoms in total. The molecule has 262 valence electrons. The van der Waals surface area contributed by atoms with Crippen molar-refractivity contribution in [1.82, 2.24) is 24.7 Å². The molecule has 3 aromatic carbocycles. The highest BCUT2D eigenvalue weighted by Crippen LogP contribution is 2.36. The van der Waals surface area contributed by atoms with E-state index in [-0.39, 0.29) is 30.7 Å². The van der Waals surface area contributed by atoms with Crippen LogP contribution < -0.4 is 20.4 Å². The second kappa shape index (κ2) is 15.9. The van der Waals surface area contributed by atoms with Gasteiger partial charge in [0.1, 0.15) is 17.5 Å². The van der Waals surface area contributed by atoms with E-state index in [1.165, 1.54) is 23.4 Å². The molecule has 0 saturated heterocycles. The Labute approximate surface area is 311 Å². The first kappa shape index (κ1) is 36.4. The highest BCUT2D eigenvalue weighted by Gasteiger charge is 2.50. The lowest BCUT2D eigenvalue weighted by Crippen LogP contribution is -2.66. The number of amides is 1. The molecule has 0 saturated carbocycles. The molecule has 0 unspecified atom stereocenters. The Morgan fingerprint density at radius 3 is 2.18 bits per heavy atom. The van der Waals surface area contributed by atoms with Crippen LogP contribution in [0.5, 0.6) is 5.88 Å². The van der Waals surface area contributed by atoms with Crippen molar-refractivity contribution in [2.75, 3.05) is 25.1 Å². The van der Waals surface area contributed by atoms with E-state index in [1.807, 2.05) is 36.4 Å². The summed E-state index contributed by atoms with van der Waals surface area (Å²) in [5.74, 6) is -0.0835. The number of anilines is 1. The van der Waals surface area contributed by atoms with E-state index in [0.717, 1.165) is 10.4 Å². The molecule has 0 aliphatic heterocycles. The van der Waals surface area contributed by atoms with Gasteiger partial charge < -0.3 is 19.2 Å². The van der Waals surface area contributed by atoms with Crippen molar-refractivity contribution in [3.05, 3.63) is 125 Å². The molecule has 0 aliphatic carbocycles. The molecule has 0 aliphatic rings. The average molecular weight is 762 g/mol. The predicted octanol–water partition coefficient (Wildman–Crippen LogP) is 7.15. The molecule has 1 amide bonds. The summed E-state index contributed by atoms with van der Waals surface area (Å²) in [4.78, 5) is 26.6. The summed E-state index contributed by atoms with van der Waals surface area (Å²) in [6.07, 6.45) is 3.15. The Bertz CT molecular complexity index is 2060. The number of halogens is 3. The standard InChI is InChI=1S/C37H35Cl3N6O4Si/c1-37(2,3)51(27-10-6-4-7-11-27,28-12-8-5-9-13-28)49-19-18-48-23-32(35(47)45-33-17-15-26(39)21-41-33)50-36-29-22-44-46(34(29)42-24-43-36)31-20-25(38)14-16-30(31)40/h4-17,20-22,24,32H,18-19,23H2,1-3H3,(H,41,45,47)/t32-/m0/s1. The summed E-state index contributed by atoms with van der Waals surface area (Å²) in [5, 5.41) is 11.1. The fraction of sp³-hybridized carbons (Fsp3) is 0.216. The second-order valence-corrected chi connectivity index (χ2v) is 18.2. The normalized spacial score (nSPS) is 12.5. The Morgan fingerprint density at radius 1 is 0.843 bits per heavy atom. The van der Waals surface area contributed by atoms with Crippen molar-refractivity contribution in [1.29, 1.82) is 0 Å². The summed E-state index contributed by atoms with van der Waals surface area (Å²) in [5.41, 5.74) is 0.929. The maximum atomic E-state index is 13.7. The zero-order chi connectivity index (χ0) is 36.0. The Balaban J connectivity index is 1.23. The van der Waals surface area contributed by atoms with Gasteiger partial charge in [-0.1, -0.05) is 116 Å². The van der Waals surface area contributed by atoms with Gasteiger partial charge in [-0.2, -0.15) is 5.10 Å². The molecule has 0 spiro atoms. The van der Waals surface area contributed by atoms with Crippen molar-refractivity contribution < 1.29 is 18.7 Å². The largest absolute Gasteiger partial charge is 0.461 e. The first-order valence-corrected chi connectivity index (χ1v) is 19.2. The minimum absolute atomic E-state index is 0.122. The van der Waals surface area contributed by atoms with Crippen LogP contribution in [0.2, 0.25) is 20.1 Å². The van der Waals surface area contributed by atoms with Gasteiger partial charge in [0.15, 0.2) is 5.65 Å². The van der Waals surface area contributed by atoms with Gasteiger partial charge in [-0.25, -0.2) is 19.6 Å². The van der Waals surface area contributed by atoms with E-state index in [4.69, 9.17) is 48.7 Å². The van der Waals surface area contributed by atoms with Crippen molar-refractivity contribution in [3.8, 4) is 11.6 Å². The van der Waals surface area contributed by atoms with Crippen molar-refractivity contribution >= 4 is 76.3 Å². The van der Waals surface area contributed by atoms with Crippen LogP contribution >= 0.6 is 34.8 Å². The number of aromatic nitrogens is 5. The summed E-state index contributed by atoms with van der Waals surface area (Å²) in [6, 6.07) is 29.0. The molecular formula is C37H35Cl3N6O4Si. The van der Waals surface area contributed by atoms with E-state index in [9.17, 15) is 4.79 Å². The summed E-state index contributed by atoms with van der Waals surface area (Å²) in [6.45, 7) is 6.99. The van der Waals surface area contributed by atoms with E-state index < -0.39 is 20.3 Å². The maximum Gasteiger partial charge on any atom is 0.269 e. The first-order chi connectivity index (χ1) is 24.6. The summed E-state index contributed by atoms with van der Waals surface area (Å²) in [7, 11) is -2.78. The molecule has 3 heterocycles. The third-order valence-electron chi connectivity index (χ3n) is 8.22. The fourth-order valence-corrected chi connectivity index (χ4v) is 10.9. The topological polar surface area (TPSA) is 113 Å². The van der Waals surface area contributed by atoms with Crippen molar-refractivity contribution in [3.63, 3.8) is 0 Å². The van der Waals surface area contributed by atoms with Crippen LogP contribution in [-0.2, 0) is 14.0 Å². The number of nitrogens with zero attached hydrogens (tertiary/aromatic N) is 5. The monoisotopic (exact) mass is 760 g/mol. The minimum atomic E-state index is -2.78. The fourth-order valence-electron chi connectivity index (χ4n) is 5.90. The number of benzene rings is 3. The Morgan fingerprint density at radius 2 is 1.53 bits per heavy atom. The molecular weight excluding hydrogens is 727 g/mol. The number of rotatable bonds is 13. The van der Waals surface area contributed by atoms with Gasteiger partial charge in [-0.05, 0) is 45.7 Å². The molecule has 0 radical (unpaired) electrons. The van der Waals surface area contributed by atoms with Crippen molar-refractivity contribution in [2.24, 2.45) is 0 Å². The summed E-state index contributed by atoms with van der Waals surface area (Å²) >= 11 is 18.7. The SMILES string of the molecule is CC(C)(C)[Si](OCCOC[C@H](Oc1ncnc2c1cnn2-c1cc(Cl)ccc1Cl)C(=O)Nc1ccc(Cl)cn1)(c1ccccc1)c1ccccc1. The van der Waals surface area contributed by atoms with Crippen molar-refractivity contribution in [2.45, 2.75) is 31.9 Å². The lowest BCUT2D eigenvalue weighted by atomic mass is 10.2. The number of hydrogen-bond donors (Lipinski definition) is 1. The molecule has 6 aromatic rings.